The van der Waals surface area contributed by atoms with Gasteiger partial charge >= 0.3 is 5.97 Å². The summed E-state index contributed by atoms with van der Waals surface area (Å²) in [7, 11) is 1.26. The molecule has 0 bridgehead atoms. The number of carbonyl (C=O) groups is 1. The molecule has 0 aliphatic heterocycles. The number of hydrogen-bond acceptors (Lipinski definition) is 5. The van der Waals surface area contributed by atoms with Gasteiger partial charge in [-0.2, -0.15) is 5.10 Å². The van der Waals surface area contributed by atoms with E-state index >= 15 is 0 Å². The lowest BCUT2D eigenvalue weighted by molar-refractivity contribution is -0.141. The lowest BCUT2D eigenvalue weighted by atomic mass is 10.3. The minimum absolute atomic E-state index is 0.184. The van der Waals surface area contributed by atoms with E-state index in [0.717, 1.165) is 4.68 Å². The van der Waals surface area contributed by atoms with Crippen LogP contribution < -0.4 is 10.9 Å². The van der Waals surface area contributed by atoms with Crippen LogP contribution in [-0.4, -0.2) is 28.9 Å². The molecule has 0 amide bonds. The van der Waals surface area contributed by atoms with Crippen LogP contribution in [0.15, 0.2) is 15.5 Å². The van der Waals surface area contributed by atoms with Crippen molar-refractivity contribution in [2.45, 2.75) is 26.4 Å². The summed E-state index contributed by atoms with van der Waals surface area (Å²) in [6, 6.07) is 0.184. The second kappa shape index (κ2) is 5.81. The highest BCUT2D eigenvalue weighted by atomic mass is 79.9. The first kappa shape index (κ1) is 13.7. The molecule has 1 aromatic rings. The summed E-state index contributed by atoms with van der Waals surface area (Å²) < 4.78 is 5.87. The van der Waals surface area contributed by atoms with E-state index < -0.39 is 5.97 Å². The van der Waals surface area contributed by atoms with Crippen molar-refractivity contribution in [3.8, 4) is 0 Å². The zero-order valence-corrected chi connectivity index (χ0v) is 11.4. The van der Waals surface area contributed by atoms with Crippen molar-refractivity contribution in [1.82, 2.24) is 9.78 Å². The second-order valence-corrected chi connectivity index (χ2v) is 4.50. The van der Waals surface area contributed by atoms with Crippen LogP contribution in [0, 0.1) is 0 Å². The van der Waals surface area contributed by atoms with Gasteiger partial charge in [-0.05, 0) is 29.8 Å². The predicted octanol–water partition coefficient (Wildman–Crippen LogP) is 0.999. The summed E-state index contributed by atoms with van der Waals surface area (Å²) in [5, 5.41) is 6.96. The van der Waals surface area contributed by atoms with Gasteiger partial charge in [-0.1, -0.05) is 0 Å². The maximum atomic E-state index is 11.8. The van der Waals surface area contributed by atoms with Gasteiger partial charge in [0.25, 0.3) is 5.56 Å². The Kier molecular flexibility index (Phi) is 4.68. The molecule has 0 aliphatic rings. The van der Waals surface area contributed by atoms with Gasteiger partial charge in [-0.25, -0.2) is 4.68 Å². The van der Waals surface area contributed by atoms with E-state index in [2.05, 4.69) is 31.1 Å². The minimum Gasteiger partial charge on any atom is -0.468 e. The number of halogens is 1. The maximum absolute atomic E-state index is 11.8. The average Bonchev–Trinajstić information content (AvgIpc) is 2.28. The van der Waals surface area contributed by atoms with E-state index in [4.69, 9.17) is 0 Å². The molecule has 0 unspecified atom stereocenters. The van der Waals surface area contributed by atoms with Crippen LogP contribution in [0.25, 0.3) is 0 Å². The predicted molar refractivity (Wildman–Crippen MR) is 67.0 cm³/mol. The monoisotopic (exact) mass is 303 g/mol. The van der Waals surface area contributed by atoms with Gasteiger partial charge in [0.1, 0.15) is 11.0 Å². The average molecular weight is 304 g/mol. The molecule has 0 aromatic carbocycles. The zero-order valence-electron chi connectivity index (χ0n) is 9.86. The normalized spacial score (nSPS) is 10.4. The highest BCUT2D eigenvalue weighted by Gasteiger charge is 2.11. The number of rotatable bonds is 4. The number of nitrogens with one attached hydrogen (secondary N) is 1. The van der Waals surface area contributed by atoms with Gasteiger partial charge in [0.05, 0.1) is 19.0 Å². The van der Waals surface area contributed by atoms with Crippen molar-refractivity contribution in [2.24, 2.45) is 0 Å². The molecule has 17 heavy (non-hydrogen) atoms. The van der Waals surface area contributed by atoms with Crippen molar-refractivity contribution in [3.05, 3.63) is 21.0 Å². The molecule has 7 heteroatoms. The summed E-state index contributed by atoms with van der Waals surface area (Å²) in [4.78, 5) is 22.9. The molecular formula is C10H14BrN3O3. The van der Waals surface area contributed by atoms with Crippen LogP contribution in [0.1, 0.15) is 13.8 Å². The molecule has 0 saturated heterocycles. The highest BCUT2D eigenvalue weighted by molar-refractivity contribution is 9.10. The number of anilines is 1. The molecule has 1 aromatic heterocycles. The largest absolute Gasteiger partial charge is 0.468 e. The number of carbonyl (C=O) groups excluding carboxylic acids is 1. The van der Waals surface area contributed by atoms with Crippen molar-refractivity contribution in [3.63, 3.8) is 0 Å². The molecule has 0 fully saturated rings. The molecule has 0 spiro atoms. The second-order valence-electron chi connectivity index (χ2n) is 3.71. The summed E-state index contributed by atoms with van der Waals surface area (Å²) >= 11 is 3.18. The summed E-state index contributed by atoms with van der Waals surface area (Å²) in [6.45, 7) is 3.70. The molecule has 1 N–H and O–H groups in total. The number of methoxy groups -OCH3 is 1. The van der Waals surface area contributed by atoms with E-state index in [1.807, 2.05) is 13.8 Å². The number of hydrogen-bond donors (Lipinski definition) is 1. The highest BCUT2D eigenvalue weighted by Crippen LogP contribution is 2.16. The van der Waals surface area contributed by atoms with Crippen LogP contribution in [0.2, 0.25) is 0 Å². The van der Waals surface area contributed by atoms with Crippen LogP contribution in [0.5, 0.6) is 0 Å². The molecule has 94 valence electrons. The summed E-state index contributed by atoms with van der Waals surface area (Å²) in [5.41, 5.74) is 0.229. The fourth-order valence-electron chi connectivity index (χ4n) is 1.18. The molecule has 0 radical (unpaired) electrons. The van der Waals surface area contributed by atoms with Crippen LogP contribution in [0.4, 0.5) is 5.69 Å². The third kappa shape index (κ3) is 3.55. The smallest absolute Gasteiger partial charge is 0.327 e. The molecule has 0 aliphatic carbocycles. The first-order valence-electron chi connectivity index (χ1n) is 5.04. The van der Waals surface area contributed by atoms with Gasteiger partial charge in [0.2, 0.25) is 0 Å². The fourth-order valence-corrected chi connectivity index (χ4v) is 1.60. The SMILES string of the molecule is COC(=O)Cn1ncc(NC(C)C)c(Br)c1=O. The lowest BCUT2D eigenvalue weighted by Crippen LogP contribution is -2.28. The Balaban J connectivity index is 3.02. The zero-order chi connectivity index (χ0) is 13.0. The fraction of sp³-hybridized carbons (Fsp3) is 0.500. The Morgan fingerprint density at radius 1 is 1.65 bits per heavy atom. The Hall–Kier alpha value is -1.37. The number of ether oxygens (including phenoxy) is 1. The van der Waals surface area contributed by atoms with Crippen LogP contribution in [0.3, 0.4) is 0 Å². The topological polar surface area (TPSA) is 73.2 Å². The Morgan fingerprint density at radius 3 is 2.82 bits per heavy atom. The van der Waals surface area contributed by atoms with E-state index in [-0.39, 0.29) is 18.1 Å². The van der Waals surface area contributed by atoms with Gasteiger partial charge in [-0.15, -0.1) is 0 Å². The number of aromatic nitrogens is 2. The van der Waals surface area contributed by atoms with Crippen LogP contribution in [-0.2, 0) is 16.1 Å². The number of nitrogens with zero attached hydrogens (tertiary/aromatic N) is 2. The molecular weight excluding hydrogens is 290 g/mol. The first-order valence-corrected chi connectivity index (χ1v) is 5.84. The van der Waals surface area contributed by atoms with Crippen molar-refractivity contribution in [2.75, 3.05) is 12.4 Å². The van der Waals surface area contributed by atoms with Crippen molar-refractivity contribution < 1.29 is 9.53 Å². The molecule has 6 nitrogen and oxygen atoms in total. The maximum Gasteiger partial charge on any atom is 0.327 e. The molecule has 1 heterocycles. The van der Waals surface area contributed by atoms with Gasteiger partial charge in [-0.3, -0.25) is 9.59 Å². The third-order valence-corrected chi connectivity index (χ3v) is 2.70. The van der Waals surface area contributed by atoms with E-state index in [9.17, 15) is 9.59 Å². The minimum atomic E-state index is -0.518. The number of esters is 1. The van der Waals surface area contributed by atoms with Gasteiger partial charge in [0.15, 0.2) is 0 Å². The van der Waals surface area contributed by atoms with Crippen molar-refractivity contribution >= 4 is 27.6 Å². The summed E-state index contributed by atoms with van der Waals surface area (Å²) in [5.74, 6) is -0.518. The molecule has 0 saturated carbocycles. The van der Waals surface area contributed by atoms with E-state index in [1.54, 1.807) is 0 Å². The van der Waals surface area contributed by atoms with Crippen molar-refractivity contribution in [1.29, 1.82) is 0 Å². The quantitative estimate of drug-likeness (QED) is 0.840. The first-order chi connectivity index (χ1) is 7.95. The lowest BCUT2D eigenvalue weighted by Gasteiger charge is -2.12. The Labute approximate surface area is 107 Å². The van der Waals surface area contributed by atoms with E-state index in [1.165, 1.54) is 13.3 Å². The Bertz CT molecular complexity index is 470. The van der Waals surface area contributed by atoms with Crippen LogP contribution >= 0.6 is 15.9 Å². The standard InChI is InChI=1S/C10H14BrN3O3/c1-6(2)13-7-4-12-14(5-8(15)17-3)10(16)9(7)11/h4,6,13H,5H2,1-3H3. The van der Waals surface area contributed by atoms with Gasteiger partial charge in [0, 0.05) is 6.04 Å². The molecule has 0 atom stereocenters. The summed E-state index contributed by atoms with van der Waals surface area (Å²) in [6.07, 6.45) is 1.49. The Morgan fingerprint density at radius 2 is 2.29 bits per heavy atom. The molecule has 1 rings (SSSR count). The van der Waals surface area contributed by atoms with E-state index in [0.29, 0.717) is 10.2 Å². The van der Waals surface area contributed by atoms with Gasteiger partial charge < -0.3 is 10.1 Å². The third-order valence-electron chi connectivity index (χ3n) is 1.94.